The molecule has 2 rings (SSSR count). The van der Waals surface area contributed by atoms with Crippen LogP contribution in [0.1, 0.15) is 32.3 Å². The molecule has 0 bridgehead atoms. The van der Waals surface area contributed by atoms with Crippen LogP contribution in [0.2, 0.25) is 0 Å². The van der Waals surface area contributed by atoms with Gasteiger partial charge in [0.25, 0.3) is 0 Å². The average Bonchev–Trinajstić information content (AvgIpc) is 2.20. The Kier molecular flexibility index (Phi) is 2.81. The third-order valence-corrected chi connectivity index (χ3v) is 3.30. The second kappa shape index (κ2) is 4.09. The lowest BCUT2D eigenvalue weighted by Gasteiger charge is -2.26. The fraction of sp³-hybridized carbons (Fsp3) is 0.429. The minimum Gasteiger partial charge on any atom is -0.398 e. The Bertz CT molecular complexity index is 379. The molecule has 1 aliphatic rings. The van der Waals surface area contributed by atoms with Crippen LogP contribution in [-0.2, 0) is 0 Å². The Morgan fingerprint density at radius 3 is 2.60 bits per heavy atom. The molecule has 80 valence electrons. The van der Waals surface area contributed by atoms with E-state index in [4.69, 9.17) is 5.73 Å². The zero-order chi connectivity index (χ0) is 10.8. The lowest BCUT2D eigenvalue weighted by molar-refractivity contribution is 0.460. The van der Waals surface area contributed by atoms with Gasteiger partial charge < -0.3 is 5.73 Å². The molecular formula is C14H19N. The molecular weight excluding hydrogens is 182 g/mol. The van der Waals surface area contributed by atoms with Gasteiger partial charge in [0.05, 0.1) is 0 Å². The Balaban J connectivity index is 2.35. The van der Waals surface area contributed by atoms with E-state index in [1.807, 2.05) is 12.1 Å². The molecule has 2 N–H and O–H groups in total. The number of hydrogen-bond acceptors (Lipinski definition) is 1. The smallest absolute Gasteiger partial charge is 0.0390 e. The largest absolute Gasteiger partial charge is 0.398 e. The summed E-state index contributed by atoms with van der Waals surface area (Å²) >= 11 is 0. The first-order valence-corrected chi connectivity index (χ1v) is 5.73. The van der Waals surface area contributed by atoms with Crippen LogP contribution in [-0.4, -0.2) is 0 Å². The molecule has 2 unspecified atom stereocenters. The maximum Gasteiger partial charge on any atom is 0.0390 e. The summed E-state index contributed by atoms with van der Waals surface area (Å²) in [6.07, 6.45) is 4.83. The number of nitrogen functional groups attached to an aromatic ring is 1. The topological polar surface area (TPSA) is 26.0 Å². The van der Waals surface area contributed by atoms with Crippen molar-refractivity contribution in [3.05, 3.63) is 35.9 Å². The lowest BCUT2D eigenvalue weighted by Crippen LogP contribution is -2.11. The molecule has 0 amide bonds. The van der Waals surface area contributed by atoms with Gasteiger partial charge in [-0.05, 0) is 36.3 Å². The number of nitrogens with two attached hydrogens (primary N) is 1. The van der Waals surface area contributed by atoms with Crippen molar-refractivity contribution in [1.82, 2.24) is 0 Å². The van der Waals surface area contributed by atoms with Crippen molar-refractivity contribution in [3.63, 3.8) is 0 Å². The van der Waals surface area contributed by atoms with Crippen molar-refractivity contribution in [3.8, 4) is 0 Å². The van der Waals surface area contributed by atoms with E-state index >= 15 is 0 Å². The summed E-state index contributed by atoms with van der Waals surface area (Å²) in [5.74, 6) is 1.45. The van der Waals surface area contributed by atoms with Crippen LogP contribution in [0.15, 0.2) is 30.3 Å². The van der Waals surface area contributed by atoms with Gasteiger partial charge in [0.2, 0.25) is 0 Å². The van der Waals surface area contributed by atoms with Gasteiger partial charge >= 0.3 is 0 Å². The fourth-order valence-electron chi connectivity index (χ4n) is 2.49. The minimum absolute atomic E-state index is 0.637. The van der Waals surface area contributed by atoms with Gasteiger partial charge in [0.15, 0.2) is 0 Å². The maximum absolute atomic E-state index is 6.01. The number of hydrogen-bond donors (Lipinski definition) is 1. The summed E-state index contributed by atoms with van der Waals surface area (Å²) in [6, 6.07) is 8.18. The summed E-state index contributed by atoms with van der Waals surface area (Å²) in [7, 11) is 0. The van der Waals surface area contributed by atoms with Crippen LogP contribution in [0.3, 0.4) is 0 Å². The molecule has 15 heavy (non-hydrogen) atoms. The highest BCUT2D eigenvalue weighted by atomic mass is 14.6. The first-order chi connectivity index (χ1) is 7.18. The predicted molar refractivity (Wildman–Crippen MR) is 66.4 cm³/mol. The monoisotopic (exact) mass is 201 g/mol. The lowest BCUT2D eigenvalue weighted by atomic mass is 9.80. The summed E-state index contributed by atoms with van der Waals surface area (Å²) in [5, 5.41) is 0. The highest BCUT2D eigenvalue weighted by Crippen LogP contribution is 2.36. The molecule has 0 aromatic heterocycles. The van der Waals surface area contributed by atoms with Crippen LogP contribution in [0.4, 0.5) is 5.69 Å². The van der Waals surface area contributed by atoms with Gasteiger partial charge in [-0.3, -0.25) is 0 Å². The second-order valence-corrected chi connectivity index (χ2v) is 4.72. The summed E-state index contributed by atoms with van der Waals surface area (Å²) in [5.41, 5.74) is 9.58. The molecule has 0 saturated carbocycles. The summed E-state index contributed by atoms with van der Waals surface area (Å²) < 4.78 is 0. The Labute approximate surface area is 92.0 Å². The average molecular weight is 201 g/mol. The molecule has 1 nitrogen and oxygen atoms in total. The summed E-state index contributed by atoms with van der Waals surface area (Å²) in [6.45, 7) is 4.62. The number of rotatable bonds is 1. The van der Waals surface area contributed by atoms with Gasteiger partial charge in [-0.25, -0.2) is 0 Å². The SMILES string of the molecule is CC1CC=C(c2ccccc2N)C(C)C1. The minimum atomic E-state index is 0.637. The van der Waals surface area contributed by atoms with E-state index in [2.05, 4.69) is 32.1 Å². The van der Waals surface area contributed by atoms with E-state index in [1.54, 1.807) is 0 Å². The molecule has 0 aliphatic heterocycles. The zero-order valence-electron chi connectivity index (χ0n) is 9.53. The Hall–Kier alpha value is -1.24. The van der Waals surface area contributed by atoms with Crippen LogP contribution in [0.5, 0.6) is 0 Å². The van der Waals surface area contributed by atoms with E-state index in [9.17, 15) is 0 Å². The van der Waals surface area contributed by atoms with Crippen molar-refractivity contribution < 1.29 is 0 Å². The normalized spacial score (nSPS) is 26.1. The molecule has 0 radical (unpaired) electrons. The van der Waals surface area contributed by atoms with Crippen LogP contribution in [0.25, 0.3) is 5.57 Å². The van der Waals surface area contributed by atoms with E-state index in [0.29, 0.717) is 5.92 Å². The van der Waals surface area contributed by atoms with E-state index in [-0.39, 0.29) is 0 Å². The van der Waals surface area contributed by atoms with Crippen molar-refractivity contribution in [2.75, 3.05) is 5.73 Å². The van der Waals surface area contributed by atoms with Gasteiger partial charge in [-0.15, -0.1) is 0 Å². The van der Waals surface area contributed by atoms with Gasteiger partial charge in [0.1, 0.15) is 0 Å². The van der Waals surface area contributed by atoms with Crippen LogP contribution < -0.4 is 5.73 Å². The van der Waals surface area contributed by atoms with Crippen molar-refractivity contribution in [1.29, 1.82) is 0 Å². The first-order valence-electron chi connectivity index (χ1n) is 5.73. The molecule has 1 aliphatic carbocycles. The fourth-order valence-corrected chi connectivity index (χ4v) is 2.49. The molecule has 1 heteroatoms. The highest BCUT2D eigenvalue weighted by Gasteiger charge is 2.19. The third-order valence-electron chi connectivity index (χ3n) is 3.30. The van der Waals surface area contributed by atoms with Gasteiger partial charge in [-0.1, -0.05) is 38.1 Å². The molecule has 0 saturated heterocycles. The van der Waals surface area contributed by atoms with E-state index in [0.717, 1.165) is 11.6 Å². The van der Waals surface area contributed by atoms with Crippen LogP contribution in [0, 0.1) is 11.8 Å². The van der Waals surface area contributed by atoms with Crippen molar-refractivity contribution >= 4 is 11.3 Å². The quantitative estimate of drug-likeness (QED) is 0.688. The Morgan fingerprint density at radius 1 is 1.20 bits per heavy atom. The standard InChI is InChI=1S/C14H19N/c1-10-7-8-12(11(2)9-10)13-5-3-4-6-14(13)15/h3-6,8,10-11H,7,9,15H2,1-2H3. The maximum atomic E-state index is 6.01. The number of anilines is 1. The summed E-state index contributed by atoms with van der Waals surface area (Å²) in [4.78, 5) is 0. The molecule has 0 spiro atoms. The first kappa shape index (κ1) is 10.3. The molecule has 0 fully saturated rings. The second-order valence-electron chi connectivity index (χ2n) is 4.72. The number of para-hydroxylation sites is 1. The molecule has 1 aromatic rings. The molecule has 2 atom stereocenters. The Morgan fingerprint density at radius 2 is 1.93 bits per heavy atom. The molecule has 0 heterocycles. The van der Waals surface area contributed by atoms with Crippen molar-refractivity contribution in [2.24, 2.45) is 11.8 Å². The van der Waals surface area contributed by atoms with Crippen molar-refractivity contribution in [2.45, 2.75) is 26.7 Å². The van der Waals surface area contributed by atoms with Crippen LogP contribution >= 0.6 is 0 Å². The highest BCUT2D eigenvalue weighted by molar-refractivity contribution is 5.76. The van der Waals surface area contributed by atoms with Gasteiger partial charge in [-0.2, -0.15) is 0 Å². The van der Waals surface area contributed by atoms with Gasteiger partial charge in [0, 0.05) is 11.3 Å². The van der Waals surface area contributed by atoms with E-state index < -0.39 is 0 Å². The van der Waals surface area contributed by atoms with E-state index in [1.165, 1.54) is 24.0 Å². The predicted octanol–water partition coefficient (Wildman–Crippen LogP) is 3.72. The number of benzene rings is 1. The third kappa shape index (κ3) is 2.06. The zero-order valence-corrected chi connectivity index (χ0v) is 9.53. The molecule has 1 aromatic carbocycles. The number of allylic oxidation sites excluding steroid dienone is 2.